The van der Waals surface area contributed by atoms with E-state index in [-0.39, 0.29) is 0 Å². The fraction of sp³-hybridized carbons (Fsp3) is 0.304. The van der Waals surface area contributed by atoms with Gasteiger partial charge < -0.3 is 14.2 Å². The van der Waals surface area contributed by atoms with Crippen LogP contribution in [-0.2, 0) is 20.0 Å². The zero-order valence-corrected chi connectivity index (χ0v) is 19.0. The van der Waals surface area contributed by atoms with Crippen molar-refractivity contribution in [1.82, 2.24) is 0 Å². The quantitative estimate of drug-likeness (QED) is 0.114. The molecule has 0 radical (unpaired) electrons. The van der Waals surface area contributed by atoms with Crippen LogP contribution in [0.1, 0.15) is 24.0 Å². The molecular weight excluding hydrogens is 422 g/mol. The van der Waals surface area contributed by atoms with Crippen LogP contribution in [-0.4, -0.2) is 38.2 Å². The molecule has 0 heterocycles. The number of nitrogens with zero attached hydrogens (tertiary/aromatic N) is 1. The molecule has 0 bridgehead atoms. The molecule has 0 spiro atoms. The van der Waals surface area contributed by atoms with Crippen LogP contribution < -0.4 is 4.74 Å². The number of rotatable bonds is 10. The third kappa shape index (κ3) is 7.11. The summed E-state index contributed by atoms with van der Waals surface area (Å²) in [4.78, 5) is 17.0. The van der Waals surface area contributed by atoms with Crippen molar-refractivity contribution in [3.8, 4) is 5.75 Å². The summed E-state index contributed by atoms with van der Waals surface area (Å²) < 4.78 is 15.2. The highest BCUT2D eigenvalue weighted by molar-refractivity contribution is 8.13. The molecule has 5 nitrogen and oxygen atoms in total. The number of hydrogen-bond donors (Lipinski definition) is 0. The number of alkyl halides is 1. The lowest BCUT2D eigenvalue weighted by Crippen LogP contribution is -2.07. The molecular formula is C23H26ClNO4S. The van der Waals surface area contributed by atoms with E-state index in [1.165, 1.54) is 20.5 Å². The van der Waals surface area contributed by atoms with E-state index in [1.54, 1.807) is 18.9 Å². The number of benzene rings is 2. The van der Waals surface area contributed by atoms with Gasteiger partial charge in [-0.15, -0.1) is 23.4 Å². The normalized spacial score (nSPS) is 11.9. The first-order valence-corrected chi connectivity index (χ1v) is 10.9. The van der Waals surface area contributed by atoms with Crippen LogP contribution in [0.25, 0.3) is 5.57 Å². The standard InChI is InChI=1S/C23H26ClNO4S/c1-27-15-21(23(26)29-3)20-8-5-4-7-17(20)16-30-22(9-6-14-24)25-18-10-12-19(28-2)13-11-18/h4-5,7-8,10-13,15H,6,9,14,16H2,1-3H3/b21-15+,25-22?. The van der Waals surface area contributed by atoms with Gasteiger partial charge in [0.25, 0.3) is 0 Å². The number of aliphatic imine (C=N–C) groups is 1. The maximum atomic E-state index is 12.2. The van der Waals surface area contributed by atoms with E-state index >= 15 is 0 Å². The monoisotopic (exact) mass is 447 g/mol. The lowest BCUT2D eigenvalue weighted by atomic mass is 10.0. The van der Waals surface area contributed by atoms with Gasteiger partial charge in [0.1, 0.15) is 11.3 Å². The first-order valence-electron chi connectivity index (χ1n) is 9.42. The Bertz CT molecular complexity index is 881. The van der Waals surface area contributed by atoms with Crippen LogP contribution in [0.4, 0.5) is 5.69 Å². The highest BCUT2D eigenvalue weighted by atomic mass is 35.5. The minimum Gasteiger partial charge on any atom is -0.503 e. The van der Waals surface area contributed by atoms with Gasteiger partial charge in [0.2, 0.25) is 0 Å². The van der Waals surface area contributed by atoms with Crippen LogP contribution in [0, 0.1) is 0 Å². The van der Waals surface area contributed by atoms with Crippen molar-refractivity contribution in [2.75, 3.05) is 27.2 Å². The number of thioether (sulfide) groups is 1. The van der Waals surface area contributed by atoms with Crippen LogP contribution in [0.2, 0.25) is 0 Å². The smallest absolute Gasteiger partial charge is 0.341 e. The molecule has 160 valence electrons. The molecule has 0 aliphatic carbocycles. The SMILES string of the molecule is CO/C=C(/C(=O)OC)c1ccccc1CSC(CCCCl)=Nc1ccc(OC)cc1. The average Bonchev–Trinajstić information content (AvgIpc) is 2.79. The first-order chi connectivity index (χ1) is 14.6. The van der Waals surface area contributed by atoms with Gasteiger partial charge in [-0.2, -0.15) is 0 Å². The Morgan fingerprint density at radius 1 is 1.10 bits per heavy atom. The van der Waals surface area contributed by atoms with Crippen molar-refractivity contribution >= 4 is 45.6 Å². The summed E-state index contributed by atoms with van der Waals surface area (Å²) in [6.45, 7) is 0. The maximum absolute atomic E-state index is 12.2. The van der Waals surface area contributed by atoms with Crippen LogP contribution in [0.15, 0.2) is 59.8 Å². The summed E-state index contributed by atoms with van der Waals surface area (Å²) in [7, 11) is 4.50. The molecule has 0 aromatic heterocycles. The molecule has 0 unspecified atom stereocenters. The first kappa shape index (κ1) is 23.8. The number of hydrogen-bond acceptors (Lipinski definition) is 6. The molecule has 7 heteroatoms. The van der Waals surface area contributed by atoms with E-state index in [0.717, 1.165) is 40.4 Å². The van der Waals surface area contributed by atoms with Crippen LogP contribution in [0.5, 0.6) is 5.75 Å². The summed E-state index contributed by atoms with van der Waals surface area (Å²) in [5, 5.41) is 0.978. The fourth-order valence-corrected chi connectivity index (χ4v) is 3.86. The maximum Gasteiger partial charge on any atom is 0.341 e. The van der Waals surface area contributed by atoms with E-state index < -0.39 is 5.97 Å². The summed E-state index contributed by atoms with van der Waals surface area (Å²) in [5.41, 5.74) is 3.01. The largest absolute Gasteiger partial charge is 0.503 e. The molecule has 0 saturated carbocycles. The van der Waals surface area contributed by atoms with E-state index in [9.17, 15) is 4.79 Å². The average molecular weight is 448 g/mol. The number of carbonyl (C=O) groups is 1. The molecule has 0 fully saturated rings. The Balaban J connectivity index is 2.25. The Labute approximate surface area is 187 Å². The van der Waals surface area contributed by atoms with Gasteiger partial charge in [0.05, 0.1) is 38.3 Å². The molecule has 2 rings (SSSR count). The van der Waals surface area contributed by atoms with E-state index in [0.29, 0.717) is 17.2 Å². The highest BCUT2D eigenvalue weighted by Crippen LogP contribution is 2.28. The zero-order chi connectivity index (χ0) is 21.8. The second-order valence-electron chi connectivity index (χ2n) is 6.20. The Kier molecular flexibility index (Phi) is 10.3. The van der Waals surface area contributed by atoms with Gasteiger partial charge in [-0.1, -0.05) is 24.3 Å². The predicted octanol–water partition coefficient (Wildman–Crippen LogP) is 5.84. The van der Waals surface area contributed by atoms with Crippen molar-refractivity contribution in [2.45, 2.75) is 18.6 Å². The van der Waals surface area contributed by atoms with Crippen LogP contribution >= 0.6 is 23.4 Å². The molecule has 2 aromatic carbocycles. The Hall–Kier alpha value is -2.44. The van der Waals surface area contributed by atoms with Crippen molar-refractivity contribution < 1.29 is 19.0 Å². The van der Waals surface area contributed by atoms with Gasteiger partial charge in [-0.3, -0.25) is 0 Å². The summed E-state index contributed by atoms with van der Waals surface area (Å²) in [6, 6.07) is 15.3. The van der Waals surface area contributed by atoms with Crippen molar-refractivity contribution in [3.05, 3.63) is 65.9 Å². The molecule has 0 aliphatic heterocycles. The second-order valence-corrected chi connectivity index (χ2v) is 7.63. The van der Waals surface area contributed by atoms with Crippen molar-refractivity contribution in [3.63, 3.8) is 0 Å². The number of methoxy groups -OCH3 is 3. The zero-order valence-electron chi connectivity index (χ0n) is 17.4. The van der Waals surface area contributed by atoms with E-state index in [4.69, 9.17) is 30.8 Å². The topological polar surface area (TPSA) is 57.1 Å². The lowest BCUT2D eigenvalue weighted by Gasteiger charge is -2.12. The van der Waals surface area contributed by atoms with Crippen molar-refractivity contribution in [1.29, 1.82) is 0 Å². The number of ether oxygens (including phenoxy) is 3. The second kappa shape index (κ2) is 13.0. The summed E-state index contributed by atoms with van der Waals surface area (Å²) >= 11 is 7.53. The van der Waals surface area contributed by atoms with Gasteiger partial charge in [0, 0.05) is 11.6 Å². The van der Waals surface area contributed by atoms with E-state index in [2.05, 4.69) is 0 Å². The third-order valence-corrected chi connectivity index (χ3v) is 5.54. The van der Waals surface area contributed by atoms with Gasteiger partial charge >= 0.3 is 5.97 Å². The summed E-state index contributed by atoms with van der Waals surface area (Å²) in [6.07, 6.45) is 3.03. The molecule has 0 saturated heterocycles. The summed E-state index contributed by atoms with van der Waals surface area (Å²) in [5.74, 6) is 1.56. The molecule has 0 aliphatic rings. The van der Waals surface area contributed by atoms with E-state index in [1.807, 2.05) is 48.5 Å². The van der Waals surface area contributed by atoms with Crippen LogP contribution in [0.3, 0.4) is 0 Å². The molecule has 0 atom stereocenters. The lowest BCUT2D eigenvalue weighted by molar-refractivity contribution is -0.133. The number of esters is 1. The Morgan fingerprint density at radius 3 is 2.47 bits per heavy atom. The number of carbonyl (C=O) groups excluding carboxylic acids is 1. The molecule has 0 N–H and O–H groups in total. The highest BCUT2D eigenvalue weighted by Gasteiger charge is 2.17. The Morgan fingerprint density at radius 2 is 1.83 bits per heavy atom. The van der Waals surface area contributed by atoms with Crippen molar-refractivity contribution in [2.24, 2.45) is 4.99 Å². The predicted molar refractivity (Wildman–Crippen MR) is 125 cm³/mol. The molecule has 2 aromatic rings. The minimum atomic E-state index is -0.441. The van der Waals surface area contributed by atoms with Gasteiger partial charge in [-0.05, 0) is 48.2 Å². The third-order valence-electron chi connectivity index (χ3n) is 4.19. The molecule has 30 heavy (non-hydrogen) atoms. The van der Waals surface area contributed by atoms with Gasteiger partial charge in [0.15, 0.2) is 0 Å². The number of halogens is 1. The fourth-order valence-electron chi connectivity index (χ4n) is 2.70. The minimum absolute atomic E-state index is 0.380. The molecule has 0 amide bonds. The van der Waals surface area contributed by atoms with Gasteiger partial charge in [-0.25, -0.2) is 9.79 Å².